The van der Waals surface area contributed by atoms with Crippen molar-refractivity contribution >= 4 is 0 Å². The largest absolute Gasteiger partial charge is 0.299 e. The van der Waals surface area contributed by atoms with Gasteiger partial charge in [0.25, 0.3) is 0 Å². The number of nitrogens with zero attached hydrogens (tertiary/aromatic N) is 3. The number of piperidine rings is 1. The average Bonchev–Trinajstić information content (AvgIpc) is 2.53. The monoisotopic (exact) mass is 287 g/mol. The molecule has 0 spiro atoms. The van der Waals surface area contributed by atoms with Gasteiger partial charge in [-0.1, -0.05) is 45.2 Å². The molecule has 0 bridgehead atoms. The molecule has 3 heteroatoms. The SMILES string of the molecule is C=C/C=C(\C=C)CN1CCC(C#N)(N(CC)CCC)CC1. The lowest BCUT2D eigenvalue weighted by atomic mass is 9.86. The summed E-state index contributed by atoms with van der Waals surface area (Å²) in [5.41, 5.74) is 0.924. The van der Waals surface area contributed by atoms with Crippen molar-refractivity contribution in [1.29, 1.82) is 5.26 Å². The molecule has 0 radical (unpaired) electrons. The predicted molar refractivity (Wildman–Crippen MR) is 90.0 cm³/mol. The summed E-state index contributed by atoms with van der Waals surface area (Å²) in [6, 6.07) is 2.61. The Morgan fingerprint density at radius 2 is 2.00 bits per heavy atom. The van der Waals surface area contributed by atoms with Crippen LogP contribution in [0.2, 0.25) is 0 Å². The van der Waals surface area contributed by atoms with Crippen molar-refractivity contribution in [3.05, 3.63) is 37.0 Å². The van der Waals surface area contributed by atoms with Crippen molar-refractivity contribution < 1.29 is 0 Å². The fourth-order valence-corrected chi connectivity index (χ4v) is 3.12. The number of likely N-dealkylation sites (tertiary alicyclic amines) is 1. The van der Waals surface area contributed by atoms with Gasteiger partial charge in [0.15, 0.2) is 0 Å². The number of allylic oxidation sites excluding steroid dienone is 2. The zero-order chi connectivity index (χ0) is 15.7. The zero-order valence-corrected chi connectivity index (χ0v) is 13.6. The summed E-state index contributed by atoms with van der Waals surface area (Å²) in [5, 5.41) is 9.72. The second-order valence-corrected chi connectivity index (χ2v) is 5.68. The van der Waals surface area contributed by atoms with Crippen LogP contribution in [0.1, 0.15) is 33.1 Å². The molecule has 0 aromatic carbocycles. The fraction of sp³-hybridized carbons (Fsp3) is 0.611. The van der Waals surface area contributed by atoms with Crippen LogP contribution < -0.4 is 0 Å². The molecule has 0 aromatic heterocycles. The van der Waals surface area contributed by atoms with Crippen LogP contribution >= 0.6 is 0 Å². The van der Waals surface area contributed by atoms with E-state index >= 15 is 0 Å². The molecule has 21 heavy (non-hydrogen) atoms. The van der Waals surface area contributed by atoms with E-state index in [1.54, 1.807) is 6.08 Å². The van der Waals surface area contributed by atoms with Gasteiger partial charge in [0.05, 0.1) is 6.07 Å². The van der Waals surface area contributed by atoms with Gasteiger partial charge in [0.1, 0.15) is 5.54 Å². The molecule has 1 rings (SSSR count). The molecule has 116 valence electrons. The molecule has 0 amide bonds. The van der Waals surface area contributed by atoms with Gasteiger partial charge in [-0.2, -0.15) is 5.26 Å². The predicted octanol–water partition coefficient (Wildman–Crippen LogP) is 3.37. The summed E-state index contributed by atoms with van der Waals surface area (Å²) in [7, 11) is 0. The lowest BCUT2D eigenvalue weighted by molar-refractivity contribution is 0.0682. The third-order valence-corrected chi connectivity index (χ3v) is 4.37. The first-order valence-corrected chi connectivity index (χ1v) is 7.98. The van der Waals surface area contributed by atoms with Gasteiger partial charge in [-0.05, 0) is 37.9 Å². The quantitative estimate of drug-likeness (QED) is 0.641. The lowest BCUT2D eigenvalue weighted by Gasteiger charge is -2.44. The Kier molecular flexibility index (Phi) is 7.42. The Labute approximate surface area is 130 Å². The van der Waals surface area contributed by atoms with Gasteiger partial charge < -0.3 is 0 Å². The van der Waals surface area contributed by atoms with Crippen LogP contribution in [0.4, 0.5) is 0 Å². The van der Waals surface area contributed by atoms with Gasteiger partial charge in [-0.25, -0.2) is 0 Å². The summed E-state index contributed by atoms with van der Waals surface area (Å²) in [5.74, 6) is 0. The number of rotatable bonds is 8. The molecule has 0 aromatic rings. The molecule has 0 aliphatic carbocycles. The standard InChI is InChI=1S/C18H29N3/c1-5-9-17(7-3)15-20-13-10-18(16-19,11-14-20)21(8-4)12-6-2/h5,7,9H,1,3,6,8,10-15H2,2,4H3/b17-9+. The van der Waals surface area contributed by atoms with Gasteiger partial charge >= 0.3 is 0 Å². The van der Waals surface area contributed by atoms with Gasteiger partial charge in [0, 0.05) is 19.6 Å². The molecule has 1 heterocycles. The first-order chi connectivity index (χ1) is 10.2. The Hall–Kier alpha value is -1.37. The second-order valence-electron chi connectivity index (χ2n) is 5.68. The van der Waals surface area contributed by atoms with Crippen molar-refractivity contribution in [2.45, 2.75) is 38.6 Å². The number of nitriles is 1. The maximum Gasteiger partial charge on any atom is 0.111 e. The molecular formula is C18H29N3. The van der Waals surface area contributed by atoms with Crippen molar-refractivity contribution in [1.82, 2.24) is 9.80 Å². The summed E-state index contributed by atoms with van der Waals surface area (Å²) in [6.45, 7) is 16.7. The molecule has 0 N–H and O–H groups in total. The molecule has 3 nitrogen and oxygen atoms in total. The van der Waals surface area contributed by atoms with Gasteiger partial charge in [-0.3, -0.25) is 9.80 Å². The van der Waals surface area contributed by atoms with Crippen molar-refractivity contribution in [3.63, 3.8) is 0 Å². The van der Waals surface area contributed by atoms with Crippen LogP contribution in [0.3, 0.4) is 0 Å². The zero-order valence-electron chi connectivity index (χ0n) is 13.6. The molecule has 0 saturated carbocycles. The van der Waals surface area contributed by atoms with E-state index in [1.165, 1.54) is 5.57 Å². The highest BCUT2D eigenvalue weighted by molar-refractivity contribution is 5.23. The van der Waals surface area contributed by atoms with Gasteiger partial charge in [0.2, 0.25) is 0 Å². The molecular weight excluding hydrogens is 258 g/mol. The van der Waals surface area contributed by atoms with Crippen molar-refractivity contribution in [3.8, 4) is 6.07 Å². The van der Waals surface area contributed by atoms with Crippen molar-refractivity contribution in [2.75, 3.05) is 32.7 Å². The van der Waals surface area contributed by atoms with Crippen LogP contribution in [0.15, 0.2) is 37.0 Å². The molecule has 0 unspecified atom stereocenters. The maximum atomic E-state index is 9.72. The van der Waals surface area contributed by atoms with Crippen LogP contribution in [0.5, 0.6) is 0 Å². The molecule has 1 aliphatic rings. The first kappa shape index (κ1) is 17.7. The first-order valence-electron chi connectivity index (χ1n) is 7.98. The smallest absolute Gasteiger partial charge is 0.111 e. The van der Waals surface area contributed by atoms with E-state index in [1.807, 2.05) is 12.2 Å². The van der Waals surface area contributed by atoms with Crippen LogP contribution in [-0.4, -0.2) is 48.1 Å². The third kappa shape index (κ3) is 4.56. The molecule has 1 aliphatic heterocycles. The van der Waals surface area contributed by atoms with E-state index in [4.69, 9.17) is 0 Å². The summed E-state index contributed by atoms with van der Waals surface area (Å²) in [6.07, 6.45) is 8.66. The minimum absolute atomic E-state index is 0.266. The molecule has 1 saturated heterocycles. The Balaban J connectivity index is 2.68. The highest BCUT2D eigenvalue weighted by Crippen LogP contribution is 2.29. The normalized spacial score (nSPS) is 19.2. The average molecular weight is 287 g/mol. The minimum atomic E-state index is -0.266. The fourth-order valence-electron chi connectivity index (χ4n) is 3.12. The highest BCUT2D eigenvalue weighted by atomic mass is 15.2. The van der Waals surface area contributed by atoms with Gasteiger partial charge in [-0.15, -0.1) is 0 Å². The van der Waals surface area contributed by atoms with E-state index in [0.29, 0.717) is 0 Å². The van der Waals surface area contributed by atoms with Crippen molar-refractivity contribution in [2.24, 2.45) is 0 Å². The Morgan fingerprint density at radius 1 is 1.33 bits per heavy atom. The third-order valence-electron chi connectivity index (χ3n) is 4.37. The Bertz CT molecular complexity index is 409. The summed E-state index contributed by atoms with van der Waals surface area (Å²) >= 11 is 0. The van der Waals surface area contributed by atoms with Crippen LogP contribution in [0.25, 0.3) is 0 Å². The van der Waals surface area contributed by atoms with E-state index in [0.717, 1.165) is 52.0 Å². The number of hydrogen-bond acceptors (Lipinski definition) is 3. The lowest BCUT2D eigenvalue weighted by Crippen LogP contribution is -2.55. The molecule has 1 fully saturated rings. The minimum Gasteiger partial charge on any atom is -0.299 e. The maximum absolute atomic E-state index is 9.72. The van der Waals surface area contributed by atoms with E-state index in [9.17, 15) is 5.26 Å². The summed E-state index contributed by atoms with van der Waals surface area (Å²) in [4.78, 5) is 4.77. The van der Waals surface area contributed by atoms with Crippen LogP contribution in [-0.2, 0) is 0 Å². The van der Waals surface area contributed by atoms with E-state index < -0.39 is 0 Å². The topological polar surface area (TPSA) is 30.3 Å². The van der Waals surface area contributed by atoms with Crippen LogP contribution in [0, 0.1) is 11.3 Å². The number of hydrogen-bond donors (Lipinski definition) is 0. The Morgan fingerprint density at radius 3 is 2.43 bits per heavy atom. The van der Waals surface area contributed by atoms with E-state index in [-0.39, 0.29) is 5.54 Å². The summed E-state index contributed by atoms with van der Waals surface area (Å²) < 4.78 is 0. The second kappa shape index (κ2) is 8.81. The van der Waals surface area contributed by atoms with E-state index in [2.05, 4.69) is 42.9 Å². The highest BCUT2D eigenvalue weighted by Gasteiger charge is 2.39. The molecule has 0 atom stereocenters.